The smallest absolute Gasteiger partial charge is 0.289 e. The number of rotatable bonds is 5. The van der Waals surface area contributed by atoms with Crippen molar-refractivity contribution in [1.82, 2.24) is 10.2 Å². The zero-order chi connectivity index (χ0) is 18.2. The molecule has 5 nitrogen and oxygen atoms in total. The maximum Gasteiger partial charge on any atom is 0.289 e. The SMILES string of the molecule is CC.Cc1nnc(C(=O)c2cc(F)cc(OCc3ccccc3)c2)o1. The predicted molar refractivity (Wildman–Crippen MR) is 91.0 cm³/mol. The van der Waals surface area contributed by atoms with Gasteiger partial charge >= 0.3 is 0 Å². The first-order valence-electron chi connectivity index (χ1n) is 7.94. The van der Waals surface area contributed by atoms with Crippen molar-refractivity contribution in [2.24, 2.45) is 0 Å². The van der Waals surface area contributed by atoms with Gasteiger partial charge in [-0.05, 0) is 17.7 Å². The number of hydrogen-bond donors (Lipinski definition) is 0. The van der Waals surface area contributed by atoms with E-state index in [1.54, 1.807) is 6.92 Å². The number of nitrogens with zero attached hydrogens (tertiary/aromatic N) is 2. The van der Waals surface area contributed by atoms with E-state index >= 15 is 0 Å². The van der Waals surface area contributed by atoms with Crippen LogP contribution in [0.25, 0.3) is 0 Å². The number of hydrogen-bond acceptors (Lipinski definition) is 5. The van der Waals surface area contributed by atoms with Crippen molar-refractivity contribution >= 4 is 5.78 Å². The fourth-order valence-electron chi connectivity index (χ4n) is 2.03. The summed E-state index contributed by atoms with van der Waals surface area (Å²) in [4.78, 5) is 12.2. The number of ether oxygens (including phenoxy) is 1. The van der Waals surface area contributed by atoms with Gasteiger partial charge in [-0.1, -0.05) is 44.2 Å². The van der Waals surface area contributed by atoms with E-state index in [9.17, 15) is 9.18 Å². The van der Waals surface area contributed by atoms with Gasteiger partial charge in [0.25, 0.3) is 5.89 Å². The minimum atomic E-state index is -0.574. The zero-order valence-electron chi connectivity index (χ0n) is 14.3. The van der Waals surface area contributed by atoms with Crippen LogP contribution in [0, 0.1) is 12.7 Å². The molecule has 0 spiro atoms. The van der Waals surface area contributed by atoms with Gasteiger partial charge in [-0.2, -0.15) is 0 Å². The van der Waals surface area contributed by atoms with E-state index < -0.39 is 11.6 Å². The van der Waals surface area contributed by atoms with Gasteiger partial charge in [0.1, 0.15) is 18.2 Å². The summed E-state index contributed by atoms with van der Waals surface area (Å²) in [6.07, 6.45) is 0. The number of benzene rings is 2. The molecule has 0 aliphatic carbocycles. The molecule has 0 fully saturated rings. The highest BCUT2D eigenvalue weighted by Crippen LogP contribution is 2.20. The molecule has 0 saturated carbocycles. The first kappa shape index (κ1) is 18.3. The Labute approximate surface area is 145 Å². The summed E-state index contributed by atoms with van der Waals surface area (Å²) in [7, 11) is 0. The third-order valence-electron chi connectivity index (χ3n) is 3.10. The first-order chi connectivity index (χ1) is 12.1. The Morgan fingerprint density at radius 1 is 1.12 bits per heavy atom. The summed E-state index contributed by atoms with van der Waals surface area (Å²) < 4.78 is 24.4. The van der Waals surface area contributed by atoms with Gasteiger partial charge in [0.15, 0.2) is 0 Å². The lowest BCUT2D eigenvalue weighted by molar-refractivity contribution is 0.100. The van der Waals surface area contributed by atoms with Gasteiger partial charge in [0, 0.05) is 18.6 Å². The van der Waals surface area contributed by atoms with Gasteiger partial charge in [-0.25, -0.2) is 4.39 Å². The standard InChI is InChI=1S/C17H13FN2O3.C2H6/c1-11-19-20-17(23-11)16(21)13-7-14(18)9-15(8-13)22-10-12-5-3-2-4-6-12;1-2/h2-9H,10H2,1H3;1-2H3. The molecule has 0 unspecified atom stereocenters. The Hall–Kier alpha value is -3.02. The first-order valence-corrected chi connectivity index (χ1v) is 7.94. The normalized spacial score (nSPS) is 9.92. The molecule has 0 radical (unpaired) electrons. The van der Waals surface area contributed by atoms with Gasteiger partial charge in [-0.15, -0.1) is 10.2 Å². The minimum absolute atomic E-state index is 0.0942. The lowest BCUT2D eigenvalue weighted by atomic mass is 10.1. The Morgan fingerprint density at radius 3 is 2.48 bits per heavy atom. The number of ketones is 1. The molecule has 1 heterocycles. The minimum Gasteiger partial charge on any atom is -0.489 e. The molecule has 0 aliphatic heterocycles. The van der Waals surface area contributed by atoms with Crippen molar-refractivity contribution in [3.8, 4) is 5.75 Å². The molecule has 6 heteroatoms. The Morgan fingerprint density at radius 2 is 1.84 bits per heavy atom. The van der Waals surface area contributed by atoms with Crippen LogP contribution in [0.15, 0.2) is 52.9 Å². The highest BCUT2D eigenvalue weighted by molar-refractivity contribution is 6.06. The molecule has 3 rings (SSSR count). The average molecular weight is 342 g/mol. The van der Waals surface area contributed by atoms with Crippen LogP contribution in [0.1, 0.15) is 41.6 Å². The largest absolute Gasteiger partial charge is 0.489 e. The van der Waals surface area contributed by atoms with E-state index in [-0.39, 0.29) is 29.7 Å². The topological polar surface area (TPSA) is 65.2 Å². The second-order valence-electron chi connectivity index (χ2n) is 4.91. The summed E-state index contributed by atoms with van der Waals surface area (Å²) in [5.41, 5.74) is 1.04. The van der Waals surface area contributed by atoms with Crippen molar-refractivity contribution in [1.29, 1.82) is 0 Å². The maximum absolute atomic E-state index is 13.7. The molecule has 0 saturated heterocycles. The molecular formula is C19H19FN2O3. The molecular weight excluding hydrogens is 323 g/mol. The summed E-state index contributed by atoms with van der Waals surface area (Å²) in [5, 5.41) is 7.24. The van der Waals surface area contributed by atoms with Crippen molar-refractivity contribution < 1.29 is 18.3 Å². The van der Waals surface area contributed by atoms with Crippen molar-refractivity contribution in [2.75, 3.05) is 0 Å². The van der Waals surface area contributed by atoms with Crippen LogP contribution in [0.2, 0.25) is 0 Å². The van der Waals surface area contributed by atoms with Crippen LogP contribution in [0.3, 0.4) is 0 Å². The van der Waals surface area contributed by atoms with E-state index in [1.807, 2.05) is 44.2 Å². The van der Waals surface area contributed by atoms with Gasteiger partial charge < -0.3 is 9.15 Å². The third kappa shape index (κ3) is 4.97. The summed E-state index contributed by atoms with van der Waals surface area (Å²) in [6.45, 7) is 5.85. The second kappa shape index (κ2) is 8.73. The number of carbonyl (C=O) groups excluding carboxylic acids is 1. The quantitative estimate of drug-likeness (QED) is 0.645. The van der Waals surface area contributed by atoms with Crippen molar-refractivity contribution in [2.45, 2.75) is 27.4 Å². The molecule has 0 N–H and O–H groups in total. The molecule has 130 valence electrons. The van der Waals surface area contributed by atoms with E-state index in [1.165, 1.54) is 12.1 Å². The molecule has 2 aromatic carbocycles. The number of carbonyl (C=O) groups is 1. The van der Waals surface area contributed by atoms with Crippen LogP contribution in [-0.2, 0) is 6.61 Å². The number of halogens is 1. The lowest BCUT2D eigenvalue weighted by Crippen LogP contribution is -2.04. The molecule has 0 bridgehead atoms. The molecule has 3 aromatic rings. The van der Waals surface area contributed by atoms with Crippen molar-refractivity contribution in [3.63, 3.8) is 0 Å². The number of aromatic nitrogens is 2. The summed E-state index contributed by atoms with van der Waals surface area (Å²) in [5.74, 6) is -0.773. The zero-order valence-corrected chi connectivity index (χ0v) is 14.3. The molecule has 0 amide bonds. The van der Waals surface area contributed by atoms with E-state index in [2.05, 4.69) is 10.2 Å². The second-order valence-corrected chi connectivity index (χ2v) is 4.91. The van der Waals surface area contributed by atoms with Crippen LogP contribution in [-0.4, -0.2) is 16.0 Å². The fourth-order valence-corrected chi connectivity index (χ4v) is 2.03. The lowest BCUT2D eigenvalue weighted by Gasteiger charge is -2.08. The maximum atomic E-state index is 13.7. The van der Waals surface area contributed by atoms with E-state index in [0.29, 0.717) is 0 Å². The fraction of sp³-hybridized carbons (Fsp3) is 0.211. The molecule has 0 aliphatic rings. The summed E-state index contributed by atoms with van der Waals surface area (Å²) >= 11 is 0. The third-order valence-corrected chi connectivity index (χ3v) is 3.10. The predicted octanol–water partition coefficient (Wildman–Crippen LogP) is 4.35. The Kier molecular flexibility index (Phi) is 6.39. The Bertz CT molecular complexity index is 832. The van der Waals surface area contributed by atoms with Crippen molar-refractivity contribution in [3.05, 3.63) is 77.3 Å². The van der Waals surface area contributed by atoms with E-state index in [4.69, 9.17) is 9.15 Å². The summed E-state index contributed by atoms with van der Waals surface area (Å²) in [6, 6.07) is 13.2. The van der Waals surface area contributed by atoms with Gasteiger partial charge in [0.05, 0.1) is 0 Å². The van der Waals surface area contributed by atoms with Gasteiger partial charge in [0.2, 0.25) is 11.7 Å². The van der Waals surface area contributed by atoms with Crippen LogP contribution in [0.5, 0.6) is 5.75 Å². The van der Waals surface area contributed by atoms with Crippen LogP contribution >= 0.6 is 0 Å². The molecule has 1 aromatic heterocycles. The highest BCUT2D eigenvalue weighted by atomic mass is 19.1. The van der Waals surface area contributed by atoms with Gasteiger partial charge in [-0.3, -0.25) is 4.79 Å². The highest BCUT2D eigenvalue weighted by Gasteiger charge is 2.18. The molecule has 25 heavy (non-hydrogen) atoms. The van der Waals surface area contributed by atoms with E-state index in [0.717, 1.165) is 11.6 Å². The average Bonchev–Trinajstić information content (AvgIpc) is 3.08. The molecule has 0 atom stereocenters. The number of aryl methyl sites for hydroxylation is 1. The Balaban J connectivity index is 0.00000109. The monoisotopic (exact) mass is 342 g/mol. The van der Waals surface area contributed by atoms with Crippen LogP contribution in [0.4, 0.5) is 4.39 Å². The van der Waals surface area contributed by atoms with Crippen LogP contribution < -0.4 is 4.74 Å².